The first-order valence-corrected chi connectivity index (χ1v) is 35.3. The van der Waals surface area contributed by atoms with Gasteiger partial charge in [-0.1, -0.05) is 293 Å². The molecular weight excluding hydrogens is 1100 g/mol. The number of carbonyl (C=O) groups excluding carboxylic acids is 2. The third-order valence-corrected chi connectivity index (χ3v) is 14.5. The number of carbonyl (C=O) groups is 3. The summed E-state index contributed by atoms with van der Waals surface area (Å²) in [5.41, 5.74) is 0. The molecule has 502 valence electrons. The second-order valence-electron chi connectivity index (χ2n) is 24.1. The zero-order valence-corrected chi connectivity index (χ0v) is 57.3. The van der Waals surface area contributed by atoms with E-state index in [1.165, 1.54) is 109 Å². The number of carboxylic acids is 1. The highest BCUT2D eigenvalue weighted by Crippen LogP contribution is 2.16. The monoisotopic (exact) mass is 1230 g/mol. The van der Waals surface area contributed by atoms with Crippen LogP contribution in [0.15, 0.2) is 170 Å². The Morgan fingerprint density at radius 2 is 0.618 bits per heavy atom. The number of hydrogen-bond acceptors (Lipinski definition) is 7. The number of likely N-dealkylation sites (N-methyl/N-ethyl adjacent to an activating group) is 1. The SMILES string of the molecule is CC/C=C\C/C=C\C/C=C\C/C=C\C/C=C\C/C=C\C/C=C\C/C=C\C/C=C\CCCC(=O)OC(COC(=O)CCCCCCCCCCCCCCCCCCCCC/C=C\C/C=C\C/C=C\C/C=C\C/C=C\CC)COC(OCC[N+](C)(C)C)C(=O)O. The molecule has 0 aromatic rings. The van der Waals surface area contributed by atoms with Crippen molar-refractivity contribution in [3.05, 3.63) is 170 Å². The van der Waals surface area contributed by atoms with Crippen molar-refractivity contribution in [1.82, 2.24) is 0 Å². The van der Waals surface area contributed by atoms with Crippen LogP contribution in [0.5, 0.6) is 0 Å². The predicted molar refractivity (Wildman–Crippen MR) is 382 cm³/mol. The highest BCUT2D eigenvalue weighted by Gasteiger charge is 2.25. The molecule has 0 bridgehead atoms. The van der Waals surface area contributed by atoms with Crippen molar-refractivity contribution >= 4 is 17.9 Å². The fraction of sp³-hybridized carbons (Fsp3) is 0.613. The molecule has 0 aromatic carbocycles. The Balaban J connectivity index is 4.21. The predicted octanol–water partition coefficient (Wildman–Crippen LogP) is 22.2. The highest BCUT2D eigenvalue weighted by molar-refractivity contribution is 5.71. The largest absolute Gasteiger partial charge is 0.477 e. The van der Waals surface area contributed by atoms with Gasteiger partial charge in [-0.15, -0.1) is 0 Å². The van der Waals surface area contributed by atoms with Gasteiger partial charge in [0.1, 0.15) is 13.2 Å². The minimum atomic E-state index is -1.54. The first kappa shape index (κ1) is 83.7. The Kier molecular flexibility index (Phi) is 64.4. The van der Waals surface area contributed by atoms with Crippen LogP contribution in [0.25, 0.3) is 0 Å². The molecule has 0 heterocycles. The quantitative estimate of drug-likeness (QED) is 0.0211. The third kappa shape index (κ3) is 70.0. The summed E-state index contributed by atoms with van der Waals surface area (Å²) in [7, 11) is 5.95. The second-order valence-corrected chi connectivity index (χ2v) is 24.1. The van der Waals surface area contributed by atoms with Crippen molar-refractivity contribution in [3.63, 3.8) is 0 Å². The second kappa shape index (κ2) is 68.6. The van der Waals surface area contributed by atoms with Crippen molar-refractivity contribution in [3.8, 4) is 0 Å². The van der Waals surface area contributed by atoms with Gasteiger partial charge in [0.25, 0.3) is 6.29 Å². The summed E-state index contributed by atoms with van der Waals surface area (Å²) in [4.78, 5) is 37.6. The minimum absolute atomic E-state index is 0.169. The zero-order valence-electron chi connectivity index (χ0n) is 57.3. The van der Waals surface area contributed by atoms with Gasteiger partial charge in [0.05, 0.1) is 34.4 Å². The van der Waals surface area contributed by atoms with Gasteiger partial charge >= 0.3 is 17.9 Å². The van der Waals surface area contributed by atoms with E-state index >= 15 is 0 Å². The highest BCUT2D eigenvalue weighted by atomic mass is 16.7. The van der Waals surface area contributed by atoms with Crippen LogP contribution in [0.1, 0.15) is 258 Å². The molecule has 0 spiro atoms. The first-order chi connectivity index (χ1) is 43.6. The summed E-state index contributed by atoms with van der Waals surface area (Å²) in [6.07, 6.45) is 101. The maximum Gasteiger partial charge on any atom is 0.361 e. The number of hydrogen-bond donors (Lipinski definition) is 1. The lowest BCUT2D eigenvalue weighted by molar-refractivity contribution is -0.870. The number of aliphatic carboxylic acids is 1. The van der Waals surface area contributed by atoms with Crippen LogP contribution in [-0.4, -0.2) is 87.4 Å². The number of nitrogens with zero attached hydrogens (tertiary/aromatic N) is 1. The van der Waals surface area contributed by atoms with E-state index in [1.54, 1.807) is 0 Å². The number of carboxylic acid groups (broad SMARTS) is 1. The topological polar surface area (TPSA) is 108 Å². The Morgan fingerprint density at radius 3 is 0.933 bits per heavy atom. The fourth-order valence-electron chi connectivity index (χ4n) is 9.16. The smallest absolute Gasteiger partial charge is 0.361 e. The van der Waals surface area contributed by atoms with Gasteiger partial charge in [0.15, 0.2) is 6.10 Å². The van der Waals surface area contributed by atoms with Gasteiger partial charge in [-0.3, -0.25) is 9.59 Å². The molecule has 2 atom stereocenters. The zero-order chi connectivity index (χ0) is 64.7. The van der Waals surface area contributed by atoms with E-state index < -0.39 is 24.3 Å². The van der Waals surface area contributed by atoms with Crippen LogP contribution >= 0.6 is 0 Å². The van der Waals surface area contributed by atoms with Crippen molar-refractivity contribution in [1.29, 1.82) is 0 Å². The molecule has 9 nitrogen and oxygen atoms in total. The average Bonchev–Trinajstić information content (AvgIpc) is 3.71. The average molecular weight is 1230 g/mol. The maximum atomic E-state index is 12.9. The van der Waals surface area contributed by atoms with Gasteiger partial charge in [-0.25, -0.2) is 4.79 Å². The van der Waals surface area contributed by atoms with Gasteiger partial charge in [0, 0.05) is 12.8 Å². The Labute approximate surface area is 546 Å². The van der Waals surface area contributed by atoms with Gasteiger partial charge in [-0.2, -0.15) is 0 Å². The third-order valence-electron chi connectivity index (χ3n) is 14.5. The maximum absolute atomic E-state index is 12.9. The van der Waals surface area contributed by atoms with Crippen molar-refractivity contribution in [2.45, 2.75) is 270 Å². The van der Waals surface area contributed by atoms with Gasteiger partial charge in [0.2, 0.25) is 0 Å². The molecule has 0 aliphatic carbocycles. The van der Waals surface area contributed by atoms with Gasteiger partial charge in [-0.05, 0) is 122 Å². The van der Waals surface area contributed by atoms with Crippen molar-refractivity contribution in [2.24, 2.45) is 0 Å². The van der Waals surface area contributed by atoms with Crippen LogP contribution < -0.4 is 0 Å². The summed E-state index contributed by atoms with van der Waals surface area (Å²) in [6.45, 7) is 4.58. The summed E-state index contributed by atoms with van der Waals surface area (Å²) in [6, 6.07) is 0. The van der Waals surface area contributed by atoms with Crippen LogP contribution in [0, 0.1) is 0 Å². The normalized spacial score (nSPS) is 13.8. The van der Waals surface area contributed by atoms with E-state index in [4.69, 9.17) is 18.9 Å². The Hall–Kier alpha value is -5.35. The van der Waals surface area contributed by atoms with Crippen LogP contribution in [-0.2, 0) is 33.3 Å². The molecule has 0 radical (unpaired) electrons. The summed E-state index contributed by atoms with van der Waals surface area (Å²) >= 11 is 0. The molecule has 9 heteroatoms. The van der Waals surface area contributed by atoms with E-state index in [-0.39, 0.29) is 38.6 Å². The number of unbranched alkanes of at least 4 members (excludes halogenated alkanes) is 20. The Bertz CT molecular complexity index is 2070. The number of esters is 2. The van der Waals surface area contributed by atoms with Crippen molar-refractivity contribution < 1.29 is 42.9 Å². The summed E-state index contributed by atoms with van der Waals surface area (Å²) in [5.74, 6) is -2.10. The molecule has 1 N–H and O–H groups in total. The van der Waals surface area contributed by atoms with E-state index in [1.807, 2.05) is 21.1 Å². The molecule has 0 rings (SSSR count). The van der Waals surface area contributed by atoms with Crippen LogP contribution in [0.3, 0.4) is 0 Å². The molecule has 0 aliphatic rings. The summed E-state index contributed by atoms with van der Waals surface area (Å²) in [5, 5.41) is 9.74. The first-order valence-electron chi connectivity index (χ1n) is 35.3. The number of rotatable bonds is 63. The van der Waals surface area contributed by atoms with E-state index in [9.17, 15) is 19.5 Å². The van der Waals surface area contributed by atoms with Crippen LogP contribution in [0.2, 0.25) is 0 Å². The van der Waals surface area contributed by atoms with Gasteiger partial charge < -0.3 is 28.5 Å². The van der Waals surface area contributed by atoms with Crippen molar-refractivity contribution in [2.75, 3.05) is 47.5 Å². The molecule has 0 aliphatic heterocycles. The fourth-order valence-corrected chi connectivity index (χ4v) is 9.16. The number of ether oxygens (including phenoxy) is 4. The molecule has 89 heavy (non-hydrogen) atoms. The molecule has 0 fully saturated rings. The van der Waals surface area contributed by atoms with Crippen LogP contribution in [0.4, 0.5) is 0 Å². The lowest BCUT2D eigenvalue weighted by Gasteiger charge is -2.25. The standard InChI is InChI=1S/C80H129NO8/c1-6-8-10-12-14-16-18-20-22-24-26-28-30-32-34-36-37-38-39-40-41-43-44-46-48-50-52-54-56-58-60-62-64-66-68-70-77(82)87-74-76(75-88-80(79(84)85)86-73-72-81(3,4)5)89-78(83)71-69-67-65-63-61-59-57-55-53-51-49-47-45-42-35-33-31-29-27-25-23-21-19-17-15-13-11-9-7-2/h8-11,14-17,20-23,26-29,32-35,45,47,51,53,57,59,63,65,76,80H,6-7,12-13,18-19,24-25,30-31,36-44,46,48-50,52,54-56,58,60-62,64,66-75H2,1-5H3/p+1/b10-8-,11-9-,16-14-,17-15-,22-20-,23-21-,28-26-,29-27-,34-32-,35-33-,47-45-,53-51-,59-57-,65-63-. The lowest BCUT2D eigenvalue weighted by atomic mass is 10.0. The Morgan fingerprint density at radius 1 is 0.337 bits per heavy atom. The molecule has 0 saturated carbocycles. The molecule has 0 saturated heterocycles. The minimum Gasteiger partial charge on any atom is -0.477 e. The molecule has 0 amide bonds. The number of allylic oxidation sites excluding steroid dienone is 28. The van der Waals surface area contributed by atoms with E-state index in [0.717, 1.165) is 109 Å². The molecule has 0 aromatic heterocycles. The lowest BCUT2D eigenvalue weighted by Crippen LogP contribution is -2.40. The van der Waals surface area contributed by atoms with E-state index in [0.29, 0.717) is 23.9 Å². The molecule has 2 unspecified atom stereocenters. The molecular formula is C80H130NO8+. The number of quaternary nitrogens is 1. The summed E-state index contributed by atoms with van der Waals surface area (Å²) < 4.78 is 22.9. The van der Waals surface area contributed by atoms with E-state index in [2.05, 4.69) is 184 Å².